The average molecular weight is 409 g/mol. The highest BCUT2D eigenvalue weighted by Gasteiger charge is 2.65. The summed E-state index contributed by atoms with van der Waals surface area (Å²) in [7, 11) is 0. The van der Waals surface area contributed by atoms with Crippen molar-refractivity contribution in [2.24, 2.45) is 46.3 Å². The zero-order chi connectivity index (χ0) is 21.1. The summed E-state index contributed by atoms with van der Waals surface area (Å²) < 4.78 is 0. The summed E-state index contributed by atoms with van der Waals surface area (Å²) in [4.78, 5) is 11.1. The molecule has 0 radical (unpaired) electrons. The van der Waals surface area contributed by atoms with Gasteiger partial charge >= 0.3 is 5.97 Å². The summed E-state index contributed by atoms with van der Waals surface area (Å²) in [6.07, 6.45) is 5.87. The van der Waals surface area contributed by atoms with E-state index in [4.69, 9.17) is 5.11 Å². The van der Waals surface area contributed by atoms with E-state index in [1.54, 1.807) is 0 Å². The molecule has 0 heterocycles. The lowest BCUT2D eigenvalue weighted by Crippen LogP contribution is -2.64. The number of aliphatic hydroxyl groups is 3. The van der Waals surface area contributed by atoms with Gasteiger partial charge in [0.1, 0.15) is 0 Å². The Hall–Kier alpha value is -0.650. The molecular weight excluding hydrogens is 368 g/mol. The van der Waals surface area contributed by atoms with E-state index in [1.807, 2.05) is 0 Å². The summed E-state index contributed by atoms with van der Waals surface area (Å²) in [6.45, 7) is 6.89. The topological polar surface area (TPSA) is 98.0 Å². The molecular formula is C24H40O5. The van der Waals surface area contributed by atoms with Crippen LogP contribution in [0.1, 0.15) is 78.6 Å². The molecule has 0 aliphatic heterocycles. The van der Waals surface area contributed by atoms with Gasteiger partial charge in [0.05, 0.1) is 18.3 Å². The van der Waals surface area contributed by atoms with E-state index in [1.165, 1.54) is 0 Å². The summed E-state index contributed by atoms with van der Waals surface area (Å²) in [5.74, 6) is 1.06. The number of hydrogen-bond donors (Lipinski definition) is 4. The second kappa shape index (κ2) is 7.49. The van der Waals surface area contributed by atoms with Gasteiger partial charge in [-0.2, -0.15) is 0 Å². The van der Waals surface area contributed by atoms with Crippen molar-refractivity contribution in [2.75, 3.05) is 0 Å². The highest BCUT2D eigenvalue weighted by Crippen LogP contribution is 2.68. The number of hydrogen-bond acceptors (Lipinski definition) is 4. The first-order valence-corrected chi connectivity index (χ1v) is 11.9. The minimum Gasteiger partial charge on any atom is -0.481 e. The van der Waals surface area contributed by atoms with Gasteiger partial charge in [0.15, 0.2) is 0 Å². The Morgan fingerprint density at radius 3 is 2.28 bits per heavy atom. The molecule has 5 nitrogen and oxygen atoms in total. The van der Waals surface area contributed by atoms with Gasteiger partial charge in [0.2, 0.25) is 0 Å². The Morgan fingerprint density at radius 1 is 0.931 bits per heavy atom. The van der Waals surface area contributed by atoms with E-state index in [2.05, 4.69) is 20.8 Å². The van der Waals surface area contributed by atoms with Crippen LogP contribution in [0.15, 0.2) is 0 Å². The number of carboxylic acids is 1. The third kappa shape index (κ3) is 3.27. The summed E-state index contributed by atoms with van der Waals surface area (Å²) >= 11 is 0. The molecule has 6 unspecified atom stereocenters. The molecule has 4 N–H and O–H groups in total. The number of aliphatic hydroxyl groups excluding tert-OH is 3. The normalized spacial score (nSPS) is 52.9. The Kier molecular flexibility index (Phi) is 5.57. The van der Waals surface area contributed by atoms with Gasteiger partial charge in [-0.15, -0.1) is 0 Å². The van der Waals surface area contributed by atoms with Crippen LogP contribution in [0.5, 0.6) is 0 Å². The zero-order valence-electron chi connectivity index (χ0n) is 18.3. The van der Waals surface area contributed by atoms with Gasteiger partial charge in [-0.25, -0.2) is 0 Å². The monoisotopic (exact) mass is 408 g/mol. The van der Waals surface area contributed by atoms with Crippen LogP contribution < -0.4 is 0 Å². The Morgan fingerprint density at radius 2 is 1.59 bits per heavy atom. The fourth-order valence-corrected chi connectivity index (χ4v) is 8.77. The molecule has 4 aliphatic carbocycles. The van der Waals surface area contributed by atoms with Gasteiger partial charge in [-0.3, -0.25) is 4.79 Å². The maximum absolute atomic E-state index is 11.3. The van der Waals surface area contributed by atoms with E-state index < -0.39 is 18.2 Å². The van der Waals surface area contributed by atoms with Crippen molar-refractivity contribution in [1.82, 2.24) is 0 Å². The maximum Gasteiger partial charge on any atom is 0.303 e. The minimum atomic E-state index is -0.748. The van der Waals surface area contributed by atoms with Crippen LogP contribution in [0.3, 0.4) is 0 Å². The molecule has 29 heavy (non-hydrogen) atoms. The van der Waals surface area contributed by atoms with Crippen molar-refractivity contribution >= 4 is 5.97 Å². The molecule has 4 fully saturated rings. The van der Waals surface area contributed by atoms with Crippen molar-refractivity contribution in [3.63, 3.8) is 0 Å². The molecule has 0 aromatic heterocycles. The van der Waals surface area contributed by atoms with E-state index >= 15 is 0 Å². The third-order valence-corrected chi connectivity index (χ3v) is 10.3. The predicted octanol–water partition coefficient (Wildman–Crippen LogP) is 3.45. The quantitative estimate of drug-likeness (QED) is 0.571. The van der Waals surface area contributed by atoms with Crippen LogP contribution in [0.4, 0.5) is 0 Å². The molecule has 0 spiro atoms. The van der Waals surface area contributed by atoms with Crippen LogP contribution in [0.2, 0.25) is 0 Å². The first kappa shape index (κ1) is 21.6. The van der Waals surface area contributed by atoms with Crippen molar-refractivity contribution in [3.8, 4) is 0 Å². The largest absolute Gasteiger partial charge is 0.481 e. The molecule has 0 bridgehead atoms. The first-order chi connectivity index (χ1) is 13.6. The molecule has 166 valence electrons. The highest BCUT2D eigenvalue weighted by atomic mass is 16.4. The molecule has 5 heteroatoms. The SMILES string of the molecule is CC(CCC(=O)O)[C@H]1CCC2[C@@H]3C(O)C(O)[C@@H]4CC(O)CC[C@]4(C)C3CC[C@@]21C. The molecule has 0 saturated heterocycles. The van der Waals surface area contributed by atoms with Crippen LogP contribution in [-0.4, -0.2) is 44.7 Å². The Labute approximate surface area is 174 Å². The number of rotatable bonds is 4. The number of carbonyl (C=O) groups is 1. The van der Waals surface area contributed by atoms with Crippen LogP contribution in [-0.2, 0) is 4.79 Å². The Bertz CT molecular complexity index is 637. The molecule has 11 atom stereocenters. The molecule has 0 amide bonds. The van der Waals surface area contributed by atoms with Crippen LogP contribution in [0, 0.1) is 46.3 Å². The molecule has 0 aromatic rings. The van der Waals surface area contributed by atoms with E-state index in [-0.39, 0.29) is 35.2 Å². The third-order valence-electron chi connectivity index (χ3n) is 10.3. The van der Waals surface area contributed by atoms with Gasteiger partial charge in [-0.05, 0) is 97.7 Å². The lowest BCUT2D eigenvalue weighted by molar-refractivity contribution is -0.223. The van der Waals surface area contributed by atoms with E-state index in [9.17, 15) is 20.1 Å². The maximum atomic E-state index is 11.3. The fourth-order valence-electron chi connectivity index (χ4n) is 8.77. The Balaban J connectivity index is 1.59. The van der Waals surface area contributed by atoms with E-state index in [0.717, 1.165) is 44.9 Å². The van der Waals surface area contributed by atoms with Crippen molar-refractivity contribution in [1.29, 1.82) is 0 Å². The summed E-state index contributed by atoms with van der Waals surface area (Å²) in [6, 6.07) is 0. The second-order valence-electron chi connectivity index (χ2n) is 11.5. The highest BCUT2D eigenvalue weighted by molar-refractivity contribution is 5.66. The number of fused-ring (bicyclic) bond motifs is 5. The van der Waals surface area contributed by atoms with Crippen molar-refractivity contribution < 1.29 is 25.2 Å². The van der Waals surface area contributed by atoms with Crippen molar-refractivity contribution in [2.45, 2.75) is 96.9 Å². The van der Waals surface area contributed by atoms with Crippen LogP contribution in [0.25, 0.3) is 0 Å². The first-order valence-electron chi connectivity index (χ1n) is 11.9. The molecule has 0 aromatic carbocycles. The molecule has 4 saturated carbocycles. The molecule has 4 aliphatic rings. The van der Waals surface area contributed by atoms with Gasteiger partial charge < -0.3 is 20.4 Å². The van der Waals surface area contributed by atoms with Crippen molar-refractivity contribution in [3.05, 3.63) is 0 Å². The van der Waals surface area contributed by atoms with E-state index in [0.29, 0.717) is 30.1 Å². The van der Waals surface area contributed by atoms with Crippen LogP contribution >= 0.6 is 0 Å². The second-order valence-corrected chi connectivity index (χ2v) is 11.5. The lowest BCUT2D eigenvalue weighted by atomic mass is 9.43. The molecule has 4 rings (SSSR count). The lowest BCUT2D eigenvalue weighted by Gasteiger charge is -2.63. The zero-order valence-corrected chi connectivity index (χ0v) is 18.3. The number of carboxylic acid groups (broad SMARTS) is 1. The minimum absolute atomic E-state index is 0.00309. The van der Waals surface area contributed by atoms with Gasteiger partial charge in [0.25, 0.3) is 0 Å². The summed E-state index contributed by atoms with van der Waals surface area (Å²) in [5, 5.41) is 41.7. The fraction of sp³-hybridized carbons (Fsp3) is 0.958. The number of aliphatic carboxylic acids is 1. The summed E-state index contributed by atoms with van der Waals surface area (Å²) in [5.41, 5.74) is 0.119. The smallest absolute Gasteiger partial charge is 0.303 e. The van der Waals surface area contributed by atoms with Gasteiger partial charge in [-0.1, -0.05) is 20.8 Å². The predicted molar refractivity (Wildman–Crippen MR) is 110 cm³/mol. The average Bonchev–Trinajstić information content (AvgIpc) is 3.02. The van der Waals surface area contributed by atoms with Gasteiger partial charge in [0, 0.05) is 6.42 Å². The standard InChI is InChI=1S/C24H40O5/c1-13(4-7-19(26)27)15-5-6-16-20-17(9-11-23(15,16)2)24(3)10-8-14(25)12-18(24)21(28)22(20)29/h13-18,20-22,25,28-29H,4-12H2,1-3H3,(H,26,27)/t13?,14?,15-,16?,17?,18+,20+,21?,22?,23-,24-/m1/s1.